The van der Waals surface area contributed by atoms with Gasteiger partial charge in [0.1, 0.15) is 5.75 Å². The summed E-state index contributed by atoms with van der Waals surface area (Å²) in [6.45, 7) is 9.69. The summed E-state index contributed by atoms with van der Waals surface area (Å²) >= 11 is 5.96. The summed E-state index contributed by atoms with van der Waals surface area (Å²) in [5, 5.41) is 7.04. The van der Waals surface area contributed by atoms with E-state index in [-0.39, 0.29) is 18.0 Å². The SMILES string of the molecule is COC(=O)c1cccc(-n2c(C)cc([C@@H]3[C@H](c4ccccn4)NC(=S)N3c3ccc(NC(=O)C(C)(C)C)c(OC)c3)c2C)c1. The first-order chi connectivity index (χ1) is 20.9. The quantitative estimate of drug-likeness (QED) is 0.182. The van der Waals surface area contributed by atoms with Crippen LogP contribution in [0.5, 0.6) is 5.75 Å². The zero-order valence-electron chi connectivity index (χ0n) is 26.0. The largest absolute Gasteiger partial charge is 0.494 e. The predicted octanol–water partition coefficient (Wildman–Crippen LogP) is 6.45. The molecule has 2 atom stereocenters. The Hall–Kier alpha value is -4.70. The van der Waals surface area contributed by atoms with Crippen molar-refractivity contribution >= 4 is 40.6 Å². The van der Waals surface area contributed by atoms with E-state index < -0.39 is 11.4 Å². The molecule has 10 heteroatoms. The molecule has 228 valence electrons. The van der Waals surface area contributed by atoms with Crippen LogP contribution in [0.15, 0.2) is 72.9 Å². The number of thiocarbonyl (C=S) groups is 1. The van der Waals surface area contributed by atoms with Crippen molar-refractivity contribution in [1.29, 1.82) is 0 Å². The third-order valence-corrected chi connectivity index (χ3v) is 8.12. The second-order valence-corrected chi connectivity index (χ2v) is 12.2. The molecule has 1 aliphatic rings. The van der Waals surface area contributed by atoms with Crippen LogP contribution in [0.25, 0.3) is 5.69 Å². The molecule has 0 radical (unpaired) electrons. The van der Waals surface area contributed by atoms with Gasteiger partial charge in [-0.3, -0.25) is 9.78 Å². The highest BCUT2D eigenvalue weighted by Crippen LogP contribution is 2.45. The number of ether oxygens (including phenoxy) is 2. The molecule has 1 amide bonds. The summed E-state index contributed by atoms with van der Waals surface area (Å²) in [6, 6.07) is 20.5. The van der Waals surface area contributed by atoms with Crippen LogP contribution < -0.4 is 20.3 Å². The summed E-state index contributed by atoms with van der Waals surface area (Å²) in [5.41, 5.74) is 6.02. The first-order valence-electron chi connectivity index (χ1n) is 14.3. The Morgan fingerprint density at radius 1 is 0.977 bits per heavy atom. The standard InChI is InChI=1S/C34H37N5O4S/c1-20-17-25(21(2)38(20)23-12-10-11-22(18-23)31(40)43-7)30-29(27-13-8-9-16-35-27)37-33(44)39(30)24-14-15-26(28(19-24)42-6)36-32(41)34(3,4)5/h8-19,29-30H,1-7H3,(H,36,41)(H,37,44)/t29-,30+/m0/s1. The highest BCUT2D eigenvalue weighted by molar-refractivity contribution is 7.80. The number of benzene rings is 2. The van der Waals surface area contributed by atoms with Crippen LogP contribution in [0.2, 0.25) is 0 Å². The Balaban J connectivity index is 1.63. The van der Waals surface area contributed by atoms with Crippen LogP contribution in [-0.4, -0.2) is 40.8 Å². The number of rotatable bonds is 7. The fourth-order valence-electron chi connectivity index (χ4n) is 5.57. The van der Waals surface area contributed by atoms with Gasteiger partial charge < -0.3 is 29.6 Å². The van der Waals surface area contributed by atoms with E-state index in [1.54, 1.807) is 19.4 Å². The van der Waals surface area contributed by atoms with Gasteiger partial charge in [-0.2, -0.15) is 0 Å². The minimum Gasteiger partial charge on any atom is -0.494 e. The Bertz CT molecular complexity index is 1730. The van der Waals surface area contributed by atoms with E-state index >= 15 is 0 Å². The van der Waals surface area contributed by atoms with Crippen molar-refractivity contribution in [2.45, 2.75) is 46.7 Å². The molecule has 1 saturated heterocycles. The molecule has 2 aromatic carbocycles. The van der Waals surface area contributed by atoms with Crippen molar-refractivity contribution in [3.8, 4) is 11.4 Å². The fraction of sp³-hybridized carbons (Fsp3) is 0.294. The first-order valence-corrected chi connectivity index (χ1v) is 14.7. The second kappa shape index (κ2) is 12.1. The Morgan fingerprint density at radius 2 is 1.75 bits per heavy atom. The van der Waals surface area contributed by atoms with Gasteiger partial charge in [0.2, 0.25) is 5.91 Å². The molecule has 5 rings (SSSR count). The molecule has 44 heavy (non-hydrogen) atoms. The number of hydrogen-bond acceptors (Lipinski definition) is 6. The number of nitrogens with zero attached hydrogens (tertiary/aromatic N) is 3. The van der Waals surface area contributed by atoms with Crippen LogP contribution >= 0.6 is 12.2 Å². The van der Waals surface area contributed by atoms with E-state index in [9.17, 15) is 9.59 Å². The monoisotopic (exact) mass is 611 g/mol. The lowest BCUT2D eigenvalue weighted by atomic mass is 9.95. The van der Waals surface area contributed by atoms with Gasteiger partial charge in [-0.1, -0.05) is 32.9 Å². The highest BCUT2D eigenvalue weighted by atomic mass is 32.1. The zero-order chi connectivity index (χ0) is 31.8. The normalized spacial score (nSPS) is 16.4. The molecule has 0 saturated carbocycles. The van der Waals surface area contributed by atoms with Crippen molar-refractivity contribution in [2.75, 3.05) is 24.4 Å². The van der Waals surface area contributed by atoms with Crippen LogP contribution in [0.1, 0.15) is 65.9 Å². The number of hydrogen-bond donors (Lipinski definition) is 2. The van der Waals surface area contributed by atoms with Gasteiger partial charge >= 0.3 is 5.97 Å². The third-order valence-electron chi connectivity index (χ3n) is 7.81. The molecule has 1 aliphatic heterocycles. The van der Waals surface area contributed by atoms with Gasteiger partial charge in [0, 0.05) is 40.4 Å². The van der Waals surface area contributed by atoms with Crippen molar-refractivity contribution in [3.05, 3.63) is 101 Å². The van der Waals surface area contributed by atoms with E-state index in [2.05, 4.69) is 38.1 Å². The van der Waals surface area contributed by atoms with Gasteiger partial charge in [0.05, 0.1) is 43.2 Å². The maximum Gasteiger partial charge on any atom is 0.337 e. The highest BCUT2D eigenvalue weighted by Gasteiger charge is 2.42. The van der Waals surface area contributed by atoms with Gasteiger partial charge in [0.25, 0.3) is 0 Å². The summed E-state index contributed by atoms with van der Waals surface area (Å²) in [4.78, 5) is 31.8. The number of carbonyl (C=O) groups excluding carboxylic acids is 2. The van der Waals surface area contributed by atoms with Crippen molar-refractivity contribution in [3.63, 3.8) is 0 Å². The molecule has 9 nitrogen and oxygen atoms in total. The van der Waals surface area contributed by atoms with E-state index in [0.717, 1.165) is 34.0 Å². The van der Waals surface area contributed by atoms with Crippen LogP contribution in [0.4, 0.5) is 11.4 Å². The lowest BCUT2D eigenvalue weighted by molar-refractivity contribution is -0.123. The number of pyridine rings is 1. The molecule has 2 N–H and O–H groups in total. The molecular formula is C34H37N5O4S. The Kier molecular flexibility index (Phi) is 8.47. The summed E-state index contributed by atoms with van der Waals surface area (Å²) in [5.74, 6) is 0.0177. The second-order valence-electron chi connectivity index (χ2n) is 11.8. The van der Waals surface area contributed by atoms with Gasteiger partial charge in [-0.05, 0) is 80.2 Å². The van der Waals surface area contributed by atoms with E-state index in [1.807, 2.05) is 82.3 Å². The molecule has 4 aromatic rings. The summed E-state index contributed by atoms with van der Waals surface area (Å²) < 4.78 is 12.8. The third kappa shape index (κ3) is 5.77. The summed E-state index contributed by atoms with van der Waals surface area (Å²) in [6.07, 6.45) is 1.77. The van der Waals surface area contributed by atoms with Crippen molar-refractivity contribution in [1.82, 2.24) is 14.9 Å². The molecular weight excluding hydrogens is 574 g/mol. The Labute approximate surface area is 263 Å². The maximum atomic E-state index is 12.8. The van der Waals surface area contributed by atoms with E-state index in [0.29, 0.717) is 22.1 Å². The van der Waals surface area contributed by atoms with E-state index in [1.165, 1.54) is 7.11 Å². The van der Waals surface area contributed by atoms with Gasteiger partial charge in [-0.25, -0.2) is 4.79 Å². The topological polar surface area (TPSA) is 97.7 Å². The molecule has 0 bridgehead atoms. The maximum absolute atomic E-state index is 12.8. The molecule has 0 aliphatic carbocycles. The smallest absolute Gasteiger partial charge is 0.337 e. The lowest BCUT2D eigenvalue weighted by Crippen LogP contribution is -2.30. The molecule has 0 unspecified atom stereocenters. The van der Waals surface area contributed by atoms with Crippen LogP contribution in [0.3, 0.4) is 0 Å². The molecule has 3 heterocycles. The average Bonchev–Trinajstić information content (AvgIpc) is 3.51. The molecule has 1 fully saturated rings. The van der Waals surface area contributed by atoms with Crippen LogP contribution in [0, 0.1) is 19.3 Å². The molecule has 2 aromatic heterocycles. The van der Waals surface area contributed by atoms with Crippen molar-refractivity contribution in [2.24, 2.45) is 5.41 Å². The van der Waals surface area contributed by atoms with E-state index in [4.69, 9.17) is 21.7 Å². The minimum atomic E-state index is -0.565. The predicted molar refractivity (Wildman–Crippen MR) is 176 cm³/mol. The molecule has 0 spiro atoms. The Morgan fingerprint density at radius 3 is 2.41 bits per heavy atom. The number of nitrogens with one attached hydrogen (secondary N) is 2. The number of anilines is 2. The first kappa shape index (κ1) is 30.7. The summed E-state index contributed by atoms with van der Waals surface area (Å²) in [7, 11) is 2.96. The number of amides is 1. The van der Waals surface area contributed by atoms with Gasteiger partial charge in [-0.15, -0.1) is 0 Å². The zero-order valence-corrected chi connectivity index (χ0v) is 26.8. The number of carbonyl (C=O) groups is 2. The lowest BCUT2D eigenvalue weighted by Gasteiger charge is -2.29. The van der Waals surface area contributed by atoms with Gasteiger partial charge in [0.15, 0.2) is 5.11 Å². The fourth-order valence-corrected chi connectivity index (χ4v) is 5.91. The average molecular weight is 612 g/mol. The number of aryl methyl sites for hydroxylation is 1. The van der Waals surface area contributed by atoms with Crippen molar-refractivity contribution < 1.29 is 19.1 Å². The number of aromatic nitrogens is 2. The number of methoxy groups -OCH3 is 2. The van der Waals surface area contributed by atoms with Crippen LogP contribution in [-0.2, 0) is 9.53 Å². The minimum absolute atomic E-state index is 0.112. The number of esters is 1.